The van der Waals surface area contributed by atoms with Gasteiger partial charge in [-0.1, -0.05) is 58.6 Å². The van der Waals surface area contributed by atoms with Crippen molar-refractivity contribution in [1.29, 1.82) is 0 Å². The summed E-state index contributed by atoms with van der Waals surface area (Å²) in [5, 5.41) is 9.29. The van der Waals surface area contributed by atoms with Crippen LogP contribution >= 0.6 is 34.8 Å². The van der Waals surface area contributed by atoms with Crippen molar-refractivity contribution in [3.63, 3.8) is 0 Å². The average molecular weight is 564 g/mol. The SMILES string of the molecule is COc1cc(/C=N\NC(=O)C(=O)Nc2cccc(Cl)c2Cl)cc(Cl)c1OCC(=O)Nc1ccc(C)cc1. The minimum Gasteiger partial charge on any atom is -0.493 e. The summed E-state index contributed by atoms with van der Waals surface area (Å²) in [6, 6.07) is 14.9. The quantitative estimate of drug-likeness (QED) is 0.201. The molecule has 192 valence electrons. The van der Waals surface area contributed by atoms with E-state index in [9.17, 15) is 14.4 Å². The molecule has 0 bridgehead atoms. The summed E-state index contributed by atoms with van der Waals surface area (Å²) in [6.07, 6.45) is 1.25. The zero-order valence-electron chi connectivity index (χ0n) is 19.6. The average Bonchev–Trinajstić information content (AvgIpc) is 2.87. The normalized spacial score (nSPS) is 10.6. The second kappa shape index (κ2) is 13.0. The number of amides is 3. The van der Waals surface area contributed by atoms with Crippen LogP contribution in [0.5, 0.6) is 11.5 Å². The van der Waals surface area contributed by atoms with E-state index >= 15 is 0 Å². The second-order valence-corrected chi connectivity index (χ2v) is 8.68. The van der Waals surface area contributed by atoms with Gasteiger partial charge in [-0.05, 0) is 48.9 Å². The Kier molecular flexibility index (Phi) is 9.73. The van der Waals surface area contributed by atoms with Crippen LogP contribution in [0, 0.1) is 6.92 Å². The van der Waals surface area contributed by atoms with Crippen LogP contribution in [-0.4, -0.2) is 37.7 Å². The summed E-state index contributed by atoms with van der Waals surface area (Å²) >= 11 is 18.2. The summed E-state index contributed by atoms with van der Waals surface area (Å²) in [5.74, 6) is -2.03. The van der Waals surface area contributed by atoms with E-state index in [0.29, 0.717) is 11.3 Å². The standard InChI is InChI=1S/C25H21Cl3N4O5/c1-14-6-8-16(9-7-14)30-21(33)13-37-23-18(27)10-15(11-20(23)36-2)12-29-32-25(35)24(34)31-19-5-3-4-17(26)22(19)28/h3-12H,13H2,1-2H3,(H,30,33)(H,31,34)(H,32,35)/b29-12-. The first-order valence-electron chi connectivity index (χ1n) is 10.6. The molecule has 3 N–H and O–H groups in total. The van der Waals surface area contributed by atoms with E-state index in [1.54, 1.807) is 24.3 Å². The third-order valence-electron chi connectivity index (χ3n) is 4.72. The van der Waals surface area contributed by atoms with Gasteiger partial charge in [0.05, 0.1) is 34.1 Å². The third kappa shape index (κ3) is 7.85. The Morgan fingerprint density at radius 2 is 1.68 bits per heavy atom. The van der Waals surface area contributed by atoms with Crippen LogP contribution in [0.3, 0.4) is 0 Å². The van der Waals surface area contributed by atoms with Gasteiger partial charge in [0.2, 0.25) is 0 Å². The van der Waals surface area contributed by atoms with Crippen molar-refractivity contribution in [2.45, 2.75) is 6.92 Å². The Balaban J connectivity index is 1.59. The zero-order chi connectivity index (χ0) is 26.9. The summed E-state index contributed by atoms with van der Waals surface area (Å²) in [5.41, 5.74) is 4.41. The topological polar surface area (TPSA) is 118 Å². The molecule has 12 heteroatoms. The van der Waals surface area contributed by atoms with Crippen LogP contribution in [0.15, 0.2) is 59.7 Å². The number of nitrogens with one attached hydrogen (secondary N) is 3. The minimum absolute atomic E-state index is 0.102. The Labute approximate surface area is 227 Å². The Morgan fingerprint density at radius 3 is 2.38 bits per heavy atom. The molecule has 0 aliphatic heterocycles. The smallest absolute Gasteiger partial charge is 0.329 e. The molecule has 37 heavy (non-hydrogen) atoms. The van der Waals surface area contributed by atoms with E-state index in [-0.39, 0.29) is 44.8 Å². The van der Waals surface area contributed by atoms with Crippen molar-refractivity contribution in [2.24, 2.45) is 5.10 Å². The number of rotatable bonds is 8. The Morgan fingerprint density at radius 1 is 0.946 bits per heavy atom. The fourth-order valence-electron chi connectivity index (χ4n) is 2.92. The lowest BCUT2D eigenvalue weighted by Crippen LogP contribution is -2.32. The van der Waals surface area contributed by atoms with Crippen LogP contribution in [0.25, 0.3) is 0 Å². The molecule has 0 saturated heterocycles. The molecular weight excluding hydrogens is 543 g/mol. The van der Waals surface area contributed by atoms with E-state index in [0.717, 1.165) is 5.56 Å². The minimum atomic E-state index is -1.04. The van der Waals surface area contributed by atoms with Crippen LogP contribution in [-0.2, 0) is 14.4 Å². The first-order valence-corrected chi connectivity index (χ1v) is 11.8. The molecule has 0 aliphatic rings. The molecule has 0 spiro atoms. The second-order valence-electron chi connectivity index (χ2n) is 7.49. The summed E-state index contributed by atoms with van der Waals surface area (Å²) in [6.45, 7) is 1.64. The molecule has 3 aromatic rings. The van der Waals surface area contributed by atoms with Crippen molar-refractivity contribution in [3.05, 3.63) is 80.8 Å². The number of hydrogen-bond donors (Lipinski definition) is 3. The number of ether oxygens (including phenoxy) is 2. The highest BCUT2D eigenvalue weighted by atomic mass is 35.5. The van der Waals surface area contributed by atoms with Gasteiger partial charge in [0.25, 0.3) is 5.91 Å². The van der Waals surface area contributed by atoms with Gasteiger partial charge in [-0.25, -0.2) is 5.43 Å². The monoisotopic (exact) mass is 562 g/mol. The molecule has 0 radical (unpaired) electrons. The van der Waals surface area contributed by atoms with Crippen molar-refractivity contribution in [3.8, 4) is 11.5 Å². The van der Waals surface area contributed by atoms with Crippen molar-refractivity contribution < 1.29 is 23.9 Å². The molecule has 3 aromatic carbocycles. The Bertz CT molecular complexity index is 1350. The Hall–Kier alpha value is -3.79. The highest BCUT2D eigenvalue weighted by Crippen LogP contribution is 2.36. The molecule has 0 fully saturated rings. The molecular formula is C25H21Cl3N4O5. The van der Waals surface area contributed by atoms with Gasteiger partial charge in [0.1, 0.15) is 0 Å². The zero-order valence-corrected chi connectivity index (χ0v) is 21.9. The fourth-order valence-corrected chi connectivity index (χ4v) is 3.54. The number of hydrogen-bond acceptors (Lipinski definition) is 6. The molecule has 9 nitrogen and oxygen atoms in total. The maximum absolute atomic E-state index is 12.2. The highest BCUT2D eigenvalue weighted by molar-refractivity contribution is 6.45. The number of carbonyl (C=O) groups is 3. The molecule has 0 atom stereocenters. The lowest BCUT2D eigenvalue weighted by Gasteiger charge is -2.13. The number of anilines is 2. The van der Waals surface area contributed by atoms with Gasteiger partial charge < -0.3 is 20.1 Å². The summed E-state index contributed by atoms with van der Waals surface area (Å²) < 4.78 is 10.9. The fraction of sp³-hybridized carbons (Fsp3) is 0.120. The molecule has 3 rings (SSSR count). The number of methoxy groups -OCH3 is 1. The summed E-state index contributed by atoms with van der Waals surface area (Å²) in [4.78, 5) is 36.4. The van der Waals surface area contributed by atoms with Gasteiger partial charge in [-0.15, -0.1) is 0 Å². The number of halogens is 3. The number of aryl methyl sites for hydroxylation is 1. The van der Waals surface area contributed by atoms with Crippen molar-refractivity contribution in [1.82, 2.24) is 5.43 Å². The maximum atomic E-state index is 12.2. The first-order chi connectivity index (χ1) is 17.7. The molecule has 0 heterocycles. The number of carbonyl (C=O) groups excluding carboxylic acids is 3. The van der Waals surface area contributed by atoms with E-state index in [4.69, 9.17) is 44.3 Å². The van der Waals surface area contributed by atoms with E-state index < -0.39 is 11.8 Å². The van der Waals surface area contributed by atoms with Crippen LogP contribution in [0.4, 0.5) is 11.4 Å². The van der Waals surface area contributed by atoms with E-state index in [1.807, 2.05) is 19.1 Å². The van der Waals surface area contributed by atoms with Gasteiger partial charge >= 0.3 is 11.8 Å². The number of benzene rings is 3. The summed E-state index contributed by atoms with van der Waals surface area (Å²) in [7, 11) is 1.40. The third-order valence-corrected chi connectivity index (χ3v) is 5.82. The molecule has 0 aromatic heterocycles. The number of hydrazone groups is 1. The van der Waals surface area contributed by atoms with E-state index in [2.05, 4.69) is 21.2 Å². The molecule has 0 saturated carbocycles. The van der Waals surface area contributed by atoms with Crippen molar-refractivity contribution >= 4 is 70.1 Å². The first kappa shape index (κ1) is 27.8. The predicted octanol–water partition coefficient (Wildman–Crippen LogP) is 5.07. The van der Waals surface area contributed by atoms with Crippen molar-refractivity contribution in [2.75, 3.05) is 24.4 Å². The van der Waals surface area contributed by atoms with Gasteiger partial charge in [0.15, 0.2) is 18.1 Å². The van der Waals surface area contributed by atoms with Crippen LogP contribution < -0.4 is 25.5 Å². The lowest BCUT2D eigenvalue weighted by molar-refractivity contribution is -0.136. The van der Waals surface area contributed by atoms with E-state index in [1.165, 1.54) is 31.5 Å². The number of nitrogens with zero attached hydrogens (tertiary/aromatic N) is 1. The van der Waals surface area contributed by atoms with Gasteiger partial charge in [-0.3, -0.25) is 14.4 Å². The van der Waals surface area contributed by atoms with Gasteiger partial charge in [-0.2, -0.15) is 5.10 Å². The lowest BCUT2D eigenvalue weighted by atomic mass is 10.2. The predicted molar refractivity (Wildman–Crippen MR) is 144 cm³/mol. The molecule has 0 unspecified atom stereocenters. The van der Waals surface area contributed by atoms with Crippen LogP contribution in [0.2, 0.25) is 15.1 Å². The maximum Gasteiger partial charge on any atom is 0.329 e. The largest absolute Gasteiger partial charge is 0.493 e. The van der Waals surface area contributed by atoms with Gasteiger partial charge in [0, 0.05) is 5.69 Å². The molecule has 0 aliphatic carbocycles. The van der Waals surface area contributed by atoms with Crippen LogP contribution in [0.1, 0.15) is 11.1 Å². The molecule has 3 amide bonds. The highest BCUT2D eigenvalue weighted by Gasteiger charge is 2.16.